The third kappa shape index (κ3) is 3.83. The van der Waals surface area contributed by atoms with Crippen LogP contribution in [0.1, 0.15) is 17.5 Å². The molecule has 0 unspecified atom stereocenters. The minimum Gasteiger partial charge on any atom is -0.339 e. The molecule has 1 aromatic heterocycles. The molecule has 2 nitrogen and oxygen atoms in total. The van der Waals surface area contributed by atoms with Crippen LogP contribution in [0.4, 0.5) is 0 Å². The van der Waals surface area contributed by atoms with Crippen molar-refractivity contribution in [1.82, 2.24) is 4.57 Å². The van der Waals surface area contributed by atoms with Crippen molar-refractivity contribution in [3.8, 4) is 6.07 Å². The monoisotopic (exact) mass is 438 g/mol. The molecule has 0 aliphatic heterocycles. The number of rotatable bonds is 6. The summed E-state index contributed by atoms with van der Waals surface area (Å²) in [7, 11) is 0. The summed E-state index contributed by atoms with van der Waals surface area (Å²) in [6.07, 6.45) is 10.8. The molecule has 0 spiro atoms. The zero-order chi connectivity index (χ0) is 23.5. The number of nitriles is 1. The molecule has 0 fully saturated rings. The van der Waals surface area contributed by atoms with Crippen LogP contribution < -0.4 is 5.35 Å². The molecule has 0 saturated heterocycles. The molecule has 5 aromatic rings. The van der Waals surface area contributed by atoms with Crippen LogP contribution in [0.3, 0.4) is 0 Å². The van der Waals surface area contributed by atoms with Gasteiger partial charge >= 0.3 is 0 Å². The third-order valence-corrected chi connectivity index (χ3v) is 6.42. The van der Waals surface area contributed by atoms with Gasteiger partial charge in [0, 0.05) is 28.2 Å². The van der Waals surface area contributed by atoms with Gasteiger partial charge in [-0.1, -0.05) is 97.6 Å². The van der Waals surface area contributed by atoms with E-state index >= 15 is 0 Å². The molecule has 0 aliphatic rings. The zero-order valence-electron chi connectivity index (χ0n) is 19.3. The predicted octanol–water partition coefficient (Wildman–Crippen LogP) is 7.50. The van der Waals surface area contributed by atoms with Gasteiger partial charge in [0.05, 0.1) is 12.5 Å². The molecule has 0 saturated carbocycles. The summed E-state index contributed by atoms with van der Waals surface area (Å²) in [5, 5.41) is 16.5. The summed E-state index contributed by atoms with van der Waals surface area (Å²) >= 11 is 0. The Balaban J connectivity index is 1.48. The maximum absolute atomic E-state index is 9.17. The summed E-state index contributed by atoms with van der Waals surface area (Å²) in [5.74, 6) is 0. The SMILES string of the molecule is C=C(/C=C/C=C/C=c1/c2cccc3cccc(c32)n1CCC#N)c1cccc2cccc(C)c12. The molecule has 34 heavy (non-hydrogen) atoms. The van der Waals surface area contributed by atoms with E-state index in [-0.39, 0.29) is 0 Å². The van der Waals surface area contributed by atoms with Crippen molar-refractivity contribution < 1.29 is 0 Å². The van der Waals surface area contributed by atoms with Crippen LogP contribution in [-0.4, -0.2) is 4.57 Å². The summed E-state index contributed by atoms with van der Waals surface area (Å²) in [6, 6.07) is 27.8. The average molecular weight is 439 g/mol. The molecular formula is C32H26N2. The summed E-state index contributed by atoms with van der Waals surface area (Å²) in [6.45, 7) is 7.14. The van der Waals surface area contributed by atoms with Gasteiger partial charge in [-0.05, 0) is 51.9 Å². The molecule has 164 valence electrons. The number of aryl methyl sites for hydroxylation is 2. The predicted molar refractivity (Wildman–Crippen MR) is 145 cm³/mol. The summed E-state index contributed by atoms with van der Waals surface area (Å²) < 4.78 is 2.26. The first-order valence-electron chi connectivity index (χ1n) is 11.6. The van der Waals surface area contributed by atoms with Crippen molar-refractivity contribution in [2.24, 2.45) is 0 Å². The molecule has 0 radical (unpaired) electrons. The van der Waals surface area contributed by atoms with Crippen LogP contribution in [0.5, 0.6) is 0 Å². The van der Waals surface area contributed by atoms with Gasteiger partial charge in [0.2, 0.25) is 0 Å². The highest BCUT2D eigenvalue weighted by atomic mass is 15.0. The Hall–Kier alpha value is -4.35. The first-order chi connectivity index (χ1) is 16.7. The van der Waals surface area contributed by atoms with E-state index in [0.717, 1.165) is 10.9 Å². The number of aromatic nitrogens is 1. The van der Waals surface area contributed by atoms with E-state index in [9.17, 15) is 5.26 Å². The second-order valence-electron chi connectivity index (χ2n) is 8.54. The lowest BCUT2D eigenvalue weighted by molar-refractivity contribution is 0.728. The zero-order valence-corrected chi connectivity index (χ0v) is 19.3. The van der Waals surface area contributed by atoms with Crippen molar-refractivity contribution >= 4 is 44.1 Å². The minimum absolute atomic E-state index is 0.482. The van der Waals surface area contributed by atoms with Crippen LogP contribution in [-0.2, 0) is 6.54 Å². The Morgan fingerprint density at radius 2 is 1.59 bits per heavy atom. The maximum Gasteiger partial charge on any atom is 0.0640 e. The van der Waals surface area contributed by atoms with Gasteiger partial charge in [-0.25, -0.2) is 0 Å². The van der Waals surface area contributed by atoms with Gasteiger partial charge < -0.3 is 4.57 Å². The van der Waals surface area contributed by atoms with Gasteiger partial charge in [-0.15, -0.1) is 0 Å². The molecule has 0 N–H and O–H groups in total. The van der Waals surface area contributed by atoms with Crippen molar-refractivity contribution in [3.05, 3.63) is 120 Å². The van der Waals surface area contributed by atoms with Crippen LogP contribution in [0, 0.1) is 18.3 Å². The Bertz CT molecular complexity index is 1680. The topological polar surface area (TPSA) is 28.7 Å². The van der Waals surface area contributed by atoms with E-state index in [1.165, 1.54) is 43.6 Å². The van der Waals surface area contributed by atoms with E-state index < -0.39 is 0 Å². The minimum atomic E-state index is 0.482. The van der Waals surface area contributed by atoms with E-state index in [4.69, 9.17) is 0 Å². The number of hydrogen-bond donors (Lipinski definition) is 0. The van der Waals surface area contributed by atoms with E-state index in [1.54, 1.807) is 0 Å². The maximum atomic E-state index is 9.17. The number of benzene rings is 4. The Morgan fingerprint density at radius 3 is 2.38 bits per heavy atom. The molecule has 5 rings (SSSR count). The first kappa shape index (κ1) is 21.5. The van der Waals surface area contributed by atoms with Gasteiger partial charge in [-0.2, -0.15) is 5.26 Å². The Morgan fingerprint density at radius 1 is 0.882 bits per heavy atom. The highest BCUT2D eigenvalue weighted by Crippen LogP contribution is 2.28. The largest absolute Gasteiger partial charge is 0.339 e. The van der Waals surface area contributed by atoms with Crippen LogP contribution in [0.25, 0.3) is 44.1 Å². The van der Waals surface area contributed by atoms with Crippen molar-refractivity contribution in [2.45, 2.75) is 19.9 Å². The standard InChI is InChI=1S/C32H26N2/c1-23(27-17-7-14-25-13-6-12-24(2)31(25)27)11-4-3-5-19-29-28-18-8-15-26-16-9-20-30(32(26)28)34(29)22-10-21-33/h3-9,11-20H,1,10,22H2,2H3/b5-3+,11-4+,29-19-. The normalized spacial score (nSPS) is 12.5. The second-order valence-corrected chi connectivity index (χ2v) is 8.54. The number of allylic oxidation sites excluding steroid dienone is 5. The number of nitrogens with zero attached hydrogens (tertiary/aromatic N) is 2. The molecule has 0 amide bonds. The van der Waals surface area contributed by atoms with Crippen LogP contribution >= 0.6 is 0 Å². The molecular weight excluding hydrogens is 412 g/mol. The van der Waals surface area contributed by atoms with Crippen molar-refractivity contribution in [1.29, 1.82) is 5.26 Å². The third-order valence-electron chi connectivity index (χ3n) is 6.42. The fourth-order valence-electron chi connectivity index (χ4n) is 4.89. The van der Waals surface area contributed by atoms with E-state index in [1.807, 2.05) is 12.2 Å². The van der Waals surface area contributed by atoms with Gasteiger partial charge in [0.25, 0.3) is 0 Å². The van der Waals surface area contributed by atoms with Gasteiger partial charge in [0.15, 0.2) is 0 Å². The Labute approximate surface area is 200 Å². The first-order valence-corrected chi connectivity index (χ1v) is 11.6. The molecule has 4 aromatic carbocycles. The molecule has 0 aliphatic carbocycles. The lowest BCUT2D eigenvalue weighted by Crippen LogP contribution is -2.16. The van der Waals surface area contributed by atoms with Gasteiger partial charge in [0.1, 0.15) is 0 Å². The van der Waals surface area contributed by atoms with E-state index in [2.05, 4.69) is 115 Å². The van der Waals surface area contributed by atoms with Crippen molar-refractivity contribution in [2.75, 3.05) is 0 Å². The lowest BCUT2D eigenvalue weighted by atomic mass is 9.95. The second kappa shape index (κ2) is 9.25. The average Bonchev–Trinajstić information content (AvgIpc) is 3.16. The number of fused-ring (bicyclic) bond motifs is 1. The molecule has 1 heterocycles. The van der Waals surface area contributed by atoms with Crippen LogP contribution in [0.15, 0.2) is 104 Å². The molecule has 0 atom stereocenters. The highest BCUT2D eigenvalue weighted by molar-refractivity contribution is 6.10. The Kier molecular flexibility index (Phi) is 5.85. The highest BCUT2D eigenvalue weighted by Gasteiger charge is 2.10. The van der Waals surface area contributed by atoms with E-state index in [0.29, 0.717) is 13.0 Å². The smallest absolute Gasteiger partial charge is 0.0640 e. The van der Waals surface area contributed by atoms with Crippen molar-refractivity contribution in [3.63, 3.8) is 0 Å². The fraction of sp³-hybridized carbons (Fsp3) is 0.0938. The summed E-state index contributed by atoms with van der Waals surface area (Å²) in [4.78, 5) is 0. The van der Waals surface area contributed by atoms with Crippen LogP contribution in [0.2, 0.25) is 0 Å². The molecule has 2 heteroatoms. The fourth-order valence-corrected chi connectivity index (χ4v) is 4.89. The summed E-state index contributed by atoms with van der Waals surface area (Å²) in [5.41, 5.74) is 4.60. The number of hydrogen-bond acceptors (Lipinski definition) is 1. The van der Waals surface area contributed by atoms with Gasteiger partial charge in [-0.3, -0.25) is 0 Å². The lowest BCUT2D eigenvalue weighted by Gasteiger charge is -2.09. The quantitative estimate of drug-likeness (QED) is 0.252. The molecule has 0 bridgehead atoms.